The first-order valence-electron chi connectivity index (χ1n) is 8.07. The van der Waals surface area contributed by atoms with E-state index in [1.54, 1.807) is 0 Å². The van der Waals surface area contributed by atoms with Gasteiger partial charge in [-0.1, -0.05) is 44.9 Å². The molecule has 2 aromatic rings. The summed E-state index contributed by atoms with van der Waals surface area (Å²) in [6, 6.07) is 13.0. The second kappa shape index (κ2) is 6.02. The van der Waals surface area contributed by atoms with Crippen LogP contribution in [-0.2, 0) is 0 Å². The molecule has 0 amide bonds. The topological polar surface area (TPSA) is 29.9 Å². The minimum atomic E-state index is 0.336. The van der Waals surface area contributed by atoms with Gasteiger partial charge in [-0.05, 0) is 43.0 Å². The predicted molar refractivity (Wildman–Crippen MR) is 86.6 cm³/mol. The SMILES string of the molecule is CCNC(c1ccnn1-c1ccccc1)C1(C)CCCC1. The summed E-state index contributed by atoms with van der Waals surface area (Å²) in [5, 5.41) is 8.29. The van der Waals surface area contributed by atoms with E-state index in [-0.39, 0.29) is 0 Å². The van der Waals surface area contributed by atoms with Crippen molar-refractivity contribution >= 4 is 0 Å². The highest BCUT2D eigenvalue weighted by Crippen LogP contribution is 2.47. The molecule has 1 atom stereocenters. The molecule has 3 nitrogen and oxygen atoms in total. The molecular formula is C18H25N3. The Labute approximate surface area is 127 Å². The molecule has 3 heteroatoms. The van der Waals surface area contributed by atoms with E-state index in [0.717, 1.165) is 12.2 Å². The van der Waals surface area contributed by atoms with Crippen molar-refractivity contribution < 1.29 is 0 Å². The maximum atomic E-state index is 4.57. The first-order valence-corrected chi connectivity index (χ1v) is 8.07. The molecule has 1 N–H and O–H groups in total. The molecule has 0 radical (unpaired) electrons. The van der Waals surface area contributed by atoms with E-state index < -0.39 is 0 Å². The first-order chi connectivity index (χ1) is 10.2. The standard InChI is InChI=1S/C18H25N3/c1-3-19-17(18(2)12-7-8-13-18)16-11-14-20-21(16)15-9-5-4-6-10-15/h4-6,9-11,14,17,19H,3,7-8,12-13H2,1-2H3. The van der Waals surface area contributed by atoms with E-state index in [1.165, 1.54) is 31.4 Å². The van der Waals surface area contributed by atoms with Crippen LogP contribution in [0.25, 0.3) is 5.69 Å². The highest BCUT2D eigenvalue weighted by Gasteiger charge is 2.39. The molecule has 1 heterocycles. The number of benzene rings is 1. The Kier molecular flexibility index (Phi) is 4.11. The van der Waals surface area contributed by atoms with Crippen LogP contribution in [0.2, 0.25) is 0 Å². The second-order valence-corrected chi connectivity index (χ2v) is 6.36. The summed E-state index contributed by atoms with van der Waals surface area (Å²) >= 11 is 0. The molecule has 0 spiro atoms. The van der Waals surface area contributed by atoms with Crippen molar-refractivity contribution in [3.8, 4) is 5.69 Å². The number of aromatic nitrogens is 2. The number of nitrogens with one attached hydrogen (secondary N) is 1. The van der Waals surface area contributed by atoms with E-state index in [0.29, 0.717) is 11.5 Å². The quantitative estimate of drug-likeness (QED) is 0.895. The molecule has 0 aliphatic heterocycles. The summed E-state index contributed by atoms with van der Waals surface area (Å²) in [7, 11) is 0. The molecule has 1 fully saturated rings. The summed E-state index contributed by atoms with van der Waals surface area (Å²) < 4.78 is 2.09. The molecule has 3 rings (SSSR count). The molecule has 112 valence electrons. The largest absolute Gasteiger partial charge is 0.308 e. The summed E-state index contributed by atoms with van der Waals surface area (Å²) in [4.78, 5) is 0. The van der Waals surface area contributed by atoms with Crippen molar-refractivity contribution in [1.29, 1.82) is 0 Å². The summed E-state index contributed by atoms with van der Waals surface area (Å²) in [6.45, 7) is 5.60. The number of rotatable bonds is 5. The average Bonchev–Trinajstić information content (AvgIpc) is 3.15. The number of hydrogen-bond acceptors (Lipinski definition) is 2. The fourth-order valence-corrected chi connectivity index (χ4v) is 3.70. The zero-order chi connectivity index (χ0) is 14.7. The van der Waals surface area contributed by atoms with Crippen LogP contribution in [0.5, 0.6) is 0 Å². The molecule has 1 aliphatic rings. The Morgan fingerprint density at radius 3 is 2.57 bits per heavy atom. The van der Waals surface area contributed by atoms with Crippen LogP contribution in [0.1, 0.15) is 51.3 Å². The lowest BCUT2D eigenvalue weighted by Crippen LogP contribution is -2.36. The van der Waals surface area contributed by atoms with Gasteiger partial charge in [-0.2, -0.15) is 5.10 Å². The third kappa shape index (κ3) is 2.75. The molecule has 1 aromatic carbocycles. The number of hydrogen-bond donors (Lipinski definition) is 1. The van der Waals surface area contributed by atoms with E-state index in [2.05, 4.69) is 59.3 Å². The van der Waals surface area contributed by atoms with Crippen LogP contribution < -0.4 is 5.32 Å². The van der Waals surface area contributed by atoms with Gasteiger partial charge >= 0.3 is 0 Å². The van der Waals surface area contributed by atoms with Gasteiger partial charge < -0.3 is 5.32 Å². The van der Waals surface area contributed by atoms with Gasteiger partial charge in [0, 0.05) is 6.20 Å². The lowest BCUT2D eigenvalue weighted by molar-refractivity contribution is 0.219. The van der Waals surface area contributed by atoms with E-state index in [4.69, 9.17) is 0 Å². The molecule has 0 bridgehead atoms. The highest BCUT2D eigenvalue weighted by atomic mass is 15.3. The Morgan fingerprint density at radius 2 is 1.90 bits per heavy atom. The Bertz CT molecular complexity index is 567. The first kappa shape index (κ1) is 14.3. The van der Waals surface area contributed by atoms with Gasteiger partial charge in [0.25, 0.3) is 0 Å². The van der Waals surface area contributed by atoms with Crippen LogP contribution in [-0.4, -0.2) is 16.3 Å². The van der Waals surface area contributed by atoms with Gasteiger partial charge in [0.2, 0.25) is 0 Å². The molecule has 0 saturated heterocycles. The van der Waals surface area contributed by atoms with Crippen molar-refractivity contribution in [3.63, 3.8) is 0 Å². The van der Waals surface area contributed by atoms with Crippen molar-refractivity contribution in [2.75, 3.05) is 6.54 Å². The third-order valence-electron chi connectivity index (χ3n) is 4.82. The van der Waals surface area contributed by atoms with Crippen LogP contribution in [0.4, 0.5) is 0 Å². The zero-order valence-corrected chi connectivity index (χ0v) is 13.0. The fourth-order valence-electron chi connectivity index (χ4n) is 3.70. The minimum Gasteiger partial charge on any atom is -0.308 e. The van der Waals surface area contributed by atoms with Gasteiger partial charge in [0.15, 0.2) is 0 Å². The van der Waals surface area contributed by atoms with E-state index >= 15 is 0 Å². The van der Waals surface area contributed by atoms with Gasteiger partial charge in [-0.15, -0.1) is 0 Å². The van der Waals surface area contributed by atoms with Crippen molar-refractivity contribution in [2.24, 2.45) is 5.41 Å². The highest BCUT2D eigenvalue weighted by molar-refractivity contribution is 5.33. The van der Waals surface area contributed by atoms with Crippen LogP contribution in [0.15, 0.2) is 42.6 Å². The molecular weight excluding hydrogens is 258 g/mol. The maximum Gasteiger partial charge on any atom is 0.0649 e. The van der Waals surface area contributed by atoms with Crippen molar-refractivity contribution in [3.05, 3.63) is 48.3 Å². The fraction of sp³-hybridized carbons (Fsp3) is 0.500. The average molecular weight is 283 g/mol. The van der Waals surface area contributed by atoms with E-state index in [9.17, 15) is 0 Å². The van der Waals surface area contributed by atoms with Gasteiger partial charge in [-0.25, -0.2) is 4.68 Å². The lowest BCUT2D eigenvalue weighted by atomic mass is 9.79. The Morgan fingerprint density at radius 1 is 1.19 bits per heavy atom. The van der Waals surface area contributed by atoms with Crippen molar-refractivity contribution in [1.82, 2.24) is 15.1 Å². The Hall–Kier alpha value is -1.61. The minimum absolute atomic E-state index is 0.336. The summed E-state index contributed by atoms with van der Waals surface area (Å²) in [6.07, 6.45) is 7.20. The van der Waals surface area contributed by atoms with Crippen LogP contribution in [0.3, 0.4) is 0 Å². The number of para-hydroxylation sites is 1. The third-order valence-corrected chi connectivity index (χ3v) is 4.82. The summed E-state index contributed by atoms with van der Waals surface area (Å²) in [5.74, 6) is 0. The normalized spacial score (nSPS) is 18.8. The van der Waals surface area contributed by atoms with Crippen LogP contribution in [0, 0.1) is 5.41 Å². The molecule has 1 saturated carbocycles. The molecule has 1 aromatic heterocycles. The molecule has 21 heavy (non-hydrogen) atoms. The monoisotopic (exact) mass is 283 g/mol. The molecule has 1 aliphatic carbocycles. The van der Waals surface area contributed by atoms with Crippen LogP contribution >= 0.6 is 0 Å². The summed E-state index contributed by atoms with van der Waals surface area (Å²) in [5.41, 5.74) is 2.76. The van der Waals surface area contributed by atoms with Crippen molar-refractivity contribution in [2.45, 2.75) is 45.6 Å². The maximum absolute atomic E-state index is 4.57. The number of nitrogens with zero attached hydrogens (tertiary/aromatic N) is 2. The predicted octanol–water partition coefficient (Wildman–Crippen LogP) is 4.10. The smallest absolute Gasteiger partial charge is 0.0649 e. The zero-order valence-electron chi connectivity index (χ0n) is 13.0. The second-order valence-electron chi connectivity index (χ2n) is 6.36. The van der Waals surface area contributed by atoms with E-state index in [1.807, 2.05) is 12.3 Å². The van der Waals surface area contributed by atoms with Gasteiger partial charge in [0.05, 0.1) is 17.4 Å². The van der Waals surface area contributed by atoms with Gasteiger partial charge in [-0.3, -0.25) is 0 Å². The lowest BCUT2D eigenvalue weighted by Gasteiger charge is -2.35. The van der Waals surface area contributed by atoms with Gasteiger partial charge in [0.1, 0.15) is 0 Å². The Balaban J connectivity index is 1.99. The molecule has 1 unspecified atom stereocenters.